The second-order valence-electron chi connectivity index (χ2n) is 4.42. The minimum absolute atomic E-state index is 0.145. The lowest BCUT2D eigenvalue weighted by molar-refractivity contribution is -0.194. The van der Waals surface area contributed by atoms with E-state index in [1.807, 2.05) is 18.7 Å². The molecule has 0 aliphatic rings. The number of hydrogen-bond donors (Lipinski definition) is 4. The Labute approximate surface area is 121 Å². The normalized spacial score (nSPS) is 15.4. The molecular formula is C12H21NO8. The van der Waals surface area contributed by atoms with Gasteiger partial charge in [0.1, 0.15) is 0 Å². The van der Waals surface area contributed by atoms with Gasteiger partial charge in [0.25, 0.3) is 0 Å². The third kappa shape index (κ3) is 5.66. The number of carboxylic acid groups (broad SMARTS) is 3. The fourth-order valence-corrected chi connectivity index (χ4v) is 1.76. The van der Waals surface area contributed by atoms with Gasteiger partial charge in [-0.15, -0.1) is 0 Å². The summed E-state index contributed by atoms with van der Waals surface area (Å²) < 4.78 is 4.93. The summed E-state index contributed by atoms with van der Waals surface area (Å²) >= 11 is 0. The van der Waals surface area contributed by atoms with Crippen molar-refractivity contribution in [1.29, 1.82) is 0 Å². The van der Waals surface area contributed by atoms with Crippen molar-refractivity contribution in [3.63, 3.8) is 0 Å². The van der Waals surface area contributed by atoms with Gasteiger partial charge in [0.05, 0.1) is 13.0 Å². The fraction of sp³-hybridized carbons (Fsp3) is 0.750. The van der Waals surface area contributed by atoms with Gasteiger partial charge in [0, 0.05) is 6.54 Å². The van der Waals surface area contributed by atoms with E-state index in [0.29, 0.717) is 19.6 Å². The highest BCUT2D eigenvalue weighted by Gasteiger charge is 2.51. The third-order valence-corrected chi connectivity index (χ3v) is 3.04. The smallest absolute Gasteiger partial charge is 0.339 e. The molecule has 0 heterocycles. The van der Waals surface area contributed by atoms with Crippen molar-refractivity contribution in [3.05, 3.63) is 0 Å². The van der Waals surface area contributed by atoms with E-state index < -0.39 is 36.0 Å². The Kier molecular flexibility index (Phi) is 7.85. The molecule has 0 saturated heterocycles. The summed E-state index contributed by atoms with van der Waals surface area (Å²) in [5.74, 6) is -5.33. The first-order chi connectivity index (χ1) is 9.68. The molecule has 0 fully saturated rings. The van der Waals surface area contributed by atoms with Crippen molar-refractivity contribution in [2.24, 2.45) is 0 Å². The highest BCUT2D eigenvalue weighted by atomic mass is 16.5. The molecular weight excluding hydrogens is 286 g/mol. The maximum absolute atomic E-state index is 11.1. The van der Waals surface area contributed by atoms with Crippen LogP contribution in [0.3, 0.4) is 0 Å². The van der Waals surface area contributed by atoms with Crippen LogP contribution in [0.4, 0.5) is 0 Å². The lowest BCUT2D eigenvalue weighted by Gasteiger charge is -2.29. The van der Waals surface area contributed by atoms with Crippen molar-refractivity contribution in [2.75, 3.05) is 26.2 Å². The topological polar surface area (TPSA) is 145 Å². The molecule has 0 aromatic carbocycles. The number of rotatable bonds is 11. The van der Waals surface area contributed by atoms with Gasteiger partial charge >= 0.3 is 17.9 Å². The number of ether oxygens (including phenoxy) is 1. The predicted octanol–water partition coefficient (Wildman–Crippen LogP) is -0.912. The van der Waals surface area contributed by atoms with Crippen LogP contribution < -0.4 is 0 Å². The van der Waals surface area contributed by atoms with Crippen molar-refractivity contribution in [1.82, 2.24) is 4.90 Å². The number of likely N-dealkylation sites (N-methyl/N-ethyl adjacent to an activating group) is 1. The van der Waals surface area contributed by atoms with Crippen LogP contribution >= 0.6 is 0 Å². The van der Waals surface area contributed by atoms with Crippen molar-refractivity contribution >= 4 is 17.9 Å². The summed E-state index contributed by atoms with van der Waals surface area (Å²) in [4.78, 5) is 34.7. The summed E-state index contributed by atoms with van der Waals surface area (Å²) in [6.07, 6.45) is -3.44. The van der Waals surface area contributed by atoms with Gasteiger partial charge in [-0.1, -0.05) is 13.8 Å². The number of carbonyl (C=O) groups is 3. The zero-order valence-electron chi connectivity index (χ0n) is 12.0. The summed E-state index contributed by atoms with van der Waals surface area (Å²) in [5.41, 5.74) is -3.03. The van der Waals surface area contributed by atoms with Gasteiger partial charge in [-0.25, -0.2) is 9.59 Å². The molecule has 0 saturated carbocycles. The lowest BCUT2D eigenvalue weighted by Crippen LogP contribution is -2.56. The van der Waals surface area contributed by atoms with E-state index in [9.17, 15) is 19.5 Å². The second-order valence-corrected chi connectivity index (χ2v) is 4.42. The van der Waals surface area contributed by atoms with Crippen molar-refractivity contribution < 1.29 is 39.5 Å². The third-order valence-electron chi connectivity index (χ3n) is 3.04. The molecule has 0 rings (SSSR count). The molecule has 2 unspecified atom stereocenters. The molecule has 4 N–H and O–H groups in total. The van der Waals surface area contributed by atoms with Crippen molar-refractivity contribution in [3.8, 4) is 0 Å². The maximum Gasteiger partial charge on any atom is 0.339 e. The van der Waals surface area contributed by atoms with Crippen LogP contribution in [-0.4, -0.2) is 81.2 Å². The summed E-state index contributed by atoms with van der Waals surface area (Å²) in [5, 5.41) is 36.4. The minimum Gasteiger partial charge on any atom is -0.481 e. The largest absolute Gasteiger partial charge is 0.481 e. The van der Waals surface area contributed by atoms with Crippen LogP contribution in [0.1, 0.15) is 20.3 Å². The molecule has 0 bridgehead atoms. The zero-order valence-corrected chi connectivity index (χ0v) is 12.0. The Morgan fingerprint density at radius 2 is 1.67 bits per heavy atom. The highest BCUT2D eigenvalue weighted by molar-refractivity contribution is 5.91. The van der Waals surface area contributed by atoms with E-state index in [1.54, 1.807) is 0 Å². The summed E-state index contributed by atoms with van der Waals surface area (Å²) in [6, 6.07) is 0. The minimum atomic E-state index is -3.03. The Morgan fingerprint density at radius 3 is 2.00 bits per heavy atom. The van der Waals surface area contributed by atoms with Gasteiger partial charge in [-0.3, -0.25) is 4.79 Å². The van der Waals surface area contributed by atoms with Crippen LogP contribution in [0, 0.1) is 0 Å². The van der Waals surface area contributed by atoms with Crippen LogP contribution in [-0.2, 0) is 19.1 Å². The standard InChI is InChI=1S/C12H21NO8/c1-3-13(4-2)5-6-21-9(10(16)17)12(20,11(18)19)7-8(14)15/h9,20H,3-7H2,1-2H3,(H,14,15)(H,16,17)(H,18,19). The van der Waals surface area contributed by atoms with Gasteiger partial charge < -0.3 is 30.1 Å². The molecule has 0 aromatic rings. The number of aliphatic carboxylic acids is 3. The molecule has 122 valence electrons. The first-order valence-electron chi connectivity index (χ1n) is 6.43. The maximum atomic E-state index is 11.1. The fourth-order valence-electron chi connectivity index (χ4n) is 1.76. The predicted molar refractivity (Wildman–Crippen MR) is 70.0 cm³/mol. The van der Waals surface area contributed by atoms with Crippen LogP contribution in [0.5, 0.6) is 0 Å². The molecule has 9 heteroatoms. The average molecular weight is 307 g/mol. The van der Waals surface area contributed by atoms with E-state index in [4.69, 9.17) is 20.1 Å². The van der Waals surface area contributed by atoms with Crippen LogP contribution in [0.25, 0.3) is 0 Å². The van der Waals surface area contributed by atoms with E-state index >= 15 is 0 Å². The summed E-state index contributed by atoms with van der Waals surface area (Å²) in [6.45, 7) is 5.34. The Morgan fingerprint density at radius 1 is 1.14 bits per heavy atom. The van der Waals surface area contributed by atoms with Crippen molar-refractivity contribution in [2.45, 2.75) is 32.0 Å². The SMILES string of the molecule is CCN(CC)CCOC(C(=O)O)C(O)(CC(=O)O)C(=O)O. The second kappa shape index (κ2) is 8.55. The number of aliphatic hydroxyl groups is 1. The lowest BCUT2D eigenvalue weighted by atomic mass is 9.92. The molecule has 0 radical (unpaired) electrons. The molecule has 0 aliphatic heterocycles. The van der Waals surface area contributed by atoms with Gasteiger partial charge in [-0.05, 0) is 13.1 Å². The van der Waals surface area contributed by atoms with Gasteiger partial charge in [0.2, 0.25) is 5.60 Å². The quantitative estimate of drug-likeness (QED) is 0.381. The Balaban J connectivity index is 4.96. The molecule has 0 amide bonds. The molecule has 21 heavy (non-hydrogen) atoms. The van der Waals surface area contributed by atoms with E-state index in [-0.39, 0.29) is 6.61 Å². The summed E-state index contributed by atoms with van der Waals surface area (Å²) in [7, 11) is 0. The first kappa shape index (κ1) is 19.3. The van der Waals surface area contributed by atoms with Gasteiger partial charge in [-0.2, -0.15) is 0 Å². The molecule has 9 nitrogen and oxygen atoms in total. The van der Waals surface area contributed by atoms with E-state index in [1.165, 1.54) is 0 Å². The Bertz CT molecular complexity index is 381. The number of carboxylic acids is 3. The number of nitrogens with zero attached hydrogens (tertiary/aromatic N) is 1. The molecule has 2 atom stereocenters. The van der Waals surface area contributed by atoms with E-state index in [0.717, 1.165) is 0 Å². The molecule has 0 spiro atoms. The van der Waals surface area contributed by atoms with Crippen LogP contribution in [0.15, 0.2) is 0 Å². The number of hydrogen-bond acceptors (Lipinski definition) is 6. The van der Waals surface area contributed by atoms with E-state index in [2.05, 4.69) is 0 Å². The average Bonchev–Trinajstić information content (AvgIpc) is 2.37. The highest BCUT2D eigenvalue weighted by Crippen LogP contribution is 2.20. The first-order valence-corrected chi connectivity index (χ1v) is 6.43. The van der Waals surface area contributed by atoms with Gasteiger partial charge in [0.15, 0.2) is 6.10 Å². The molecule has 0 aliphatic carbocycles. The monoisotopic (exact) mass is 307 g/mol. The van der Waals surface area contributed by atoms with Crippen LogP contribution in [0.2, 0.25) is 0 Å². The zero-order chi connectivity index (χ0) is 16.6. The Hall–Kier alpha value is -1.71. The molecule has 0 aromatic heterocycles.